The van der Waals surface area contributed by atoms with E-state index in [1.807, 2.05) is 6.92 Å². The van der Waals surface area contributed by atoms with Crippen LogP contribution in [0, 0.1) is 6.92 Å². The van der Waals surface area contributed by atoms with E-state index in [1.165, 1.54) is 24.8 Å². The Bertz CT molecular complexity index is 1380. The van der Waals surface area contributed by atoms with Crippen LogP contribution in [0.15, 0.2) is 67.4 Å². The van der Waals surface area contributed by atoms with E-state index in [9.17, 15) is 18.0 Å². The number of nitrogens with two attached hydrogens (primary N) is 1. The van der Waals surface area contributed by atoms with Crippen molar-refractivity contribution >= 4 is 28.9 Å². The number of anilines is 4. The van der Waals surface area contributed by atoms with Crippen molar-refractivity contribution in [2.45, 2.75) is 13.1 Å². The van der Waals surface area contributed by atoms with Crippen LogP contribution in [0.25, 0.3) is 11.3 Å². The Kier molecular flexibility index (Phi) is 6.55. The van der Waals surface area contributed by atoms with Gasteiger partial charge in [-0.15, -0.1) is 0 Å². The quantitative estimate of drug-likeness (QED) is 0.234. The number of aromatic nitrogens is 4. The maximum absolute atomic E-state index is 13.0. The first kappa shape index (κ1) is 23.6. The van der Waals surface area contributed by atoms with Gasteiger partial charge in [0.25, 0.3) is 5.91 Å². The summed E-state index contributed by atoms with van der Waals surface area (Å²) in [5, 5.41) is 5.83. The first-order valence-electron chi connectivity index (χ1n) is 10.2. The number of nitrogens with zero attached hydrogens (tertiary/aromatic N) is 4. The number of carbonyl (C=O) groups excluding carboxylic acids is 1. The predicted octanol–water partition coefficient (Wildman–Crippen LogP) is 4.54. The molecule has 2 heterocycles. The summed E-state index contributed by atoms with van der Waals surface area (Å²) in [6.07, 6.45) is -0.260. The Morgan fingerprint density at radius 3 is 2.60 bits per heavy atom. The van der Waals surface area contributed by atoms with Crippen LogP contribution in [-0.4, -0.2) is 25.8 Å². The first-order chi connectivity index (χ1) is 16.7. The number of nitrogen functional groups attached to an aromatic ring is 1. The van der Waals surface area contributed by atoms with Gasteiger partial charge in [0.1, 0.15) is 24.3 Å². The SMILES string of the molecule is Cc1ccc(NC(=O)c2cccc(C(F)(F)F)c2)cc1Nc1ncncc1-c1cc(NN)ncn1. The summed E-state index contributed by atoms with van der Waals surface area (Å²) in [6.45, 7) is 1.85. The van der Waals surface area contributed by atoms with Gasteiger partial charge in [-0.05, 0) is 42.8 Å². The molecule has 0 aliphatic heterocycles. The van der Waals surface area contributed by atoms with Crippen LogP contribution < -0.4 is 21.9 Å². The first-order valence-corrected chi connectivity index (χ1v) is 10.2. The van der Waals surface area contributed by atoms with Crippen molar-refractivity contribution in [2.75, 3.05) is 16.1 Å². The molecule has 35 heavy (non-hydrogen) atoms. The summed E-state index contributed by atoms with van der Waals surface area (Å²) in [6, 6.07) is 10.9. The van der Waals surface area contributed by atoms with Gasteiger partial charge in [-0.1, -0.05) is 12.1 Å². The van der Waals surface area contributed by atoms with Crippen LogP contribution in [-0.2, 0) is 6.18 Å². The number of alkyl halides is 3. The number of hydrazine groups is 1. The summed E-state index contributed by atoms with van der Waals surface area (Å²) in [5.74, 6) is 5.60. The molecular weight excluding hydrogens is 461 g/mol. The lowest BCUT2D eigenvalue weighted by atomic mass is 10.1. The predicted molar refractivity (Wildman–Crippen MR) is 125 cm³/mol. The van der Waals surface area contributed by atoms with Gasteiger partial charge in [0, 0.05) is 29.2 Å². The minimum Gasteiger partial charge on any atom is -0.339 e. The van der Waals surface area contributed by atoms with E-state index in [1.54, 1.807) is 30.5 Å². The van der Waals surface area contributed by atoms with Gasteiger partial charge in [-0.3, -0.25) is 4.79 Å². The number of benzene rings is 2. The lowest BCUT2D eigenvalue weighted by Gasteiger charge is -2.14. The van der Waals surface area contributed by atoms with Crippen molar-refractivity contribution in [2.24, 2.45) is 5.84 Å². The highest BCUT2D eigenvalue weighted by atomic mass is 19.4. The smallest absolute Gasteiger partial charge is 0.339 e. The Balaban J connectivity index is 1.59. The fraction of sp³-hybridized carbons (Fsp3) is 0.0870. The van der Waals surface area contributed by atoms with Gasteiger partial charge in [-0.25, -0.2) is 25.8 Å². The van der Waals surface area contributed by atoms with Gasteiger partial charge < -0.3 is 16.1 Å². The molecule has 0 saturated heterocycles. The van der Waals surface area contributed by atoms with Crippen LogP contribution in [0.4, 0.5) is 36.2 Å². The molecule has 4 rings (SSSR count). The summed E-state index contributed by atoms with van der Waals surface area (Å²) in [5.41, 5.74) is 4.36. The zero-order valence-corrected chi connectivity index (χ0v) is 18.3. The van der Waals surface area contributed by atoms with Gasteiger partial charge in [0.15, 0.2) is 0 Å². The minimum atomic E-state index is -4.54. The zero-order valence-electron chi connectivity index (χ0n) is 18.3. The second-order valence-electron chi connectivity index (χ2n) is 7.41. The molecule has 0 radical (unpaired) electrons. The van der Waals surface area contributed by atoms with Gasteiger partial charge >= 0.3 is 6.18 Å². The Hall–Kier alpha value is -4.58. The second kappa shape index (κ2) is 9.73. The molecule has 0 spiro atoms. The maximum atomic E-state index is 13.0. The highest BCUT2D eigenvalue weighted by molar-refractivity contribution is 6.04. The number of aryl methyl sites for hydroxylation is 1. The number of hydrogen-bond acceptors (Lipinski definition) is 8. The van der Waals surface area contributed by atoms with E-state index in [4.69, 9.17) is 5.84 Å². The molecule has 4 aromatic rings. The molecule has 0 aliphatic rings. The third kappa shape index (κ3) is 5.50. The van der Waals surface area contributed by atoms with Crippen LogP contribution >= 0.6 is 0 Å². The Labute approximate surface area is 197 Å². The van der Waals surface area contributed by atoms with Gasteiger partial charge in [0.05, 0.1) is 16.8 Å². The van der Waals surface area contributed by atoms with E-state index >= 15 is 0 Å². The molecule has 1 amide bonds. The van der Waals surface area contributed by atoms with E-state index < -0.39 is 17.6 Å². The summed E-state index contributed by atoms with van der Waals surface area (Å²) >= 11 is 0. The fourth-order valence-corrected chi connectivity index (χ4v) is 3.20. The van der Waals surface area contributed by atoms with Crippen molar-refractivity contribution in [3.63, 3.8) is 0 Å². The molecule has 2 aromatic heterocycles. The third-order valence-electron chi connectivity index (χ3n) is 5.00. The lowest BCUT2D eigenvalue weighted by molar-refractivity contribution is -0.137. The fourth-order valence-electron chi connectivity index (χ4n) is 3.20. The van der Waals surface area contributed by atoms with Crippen molar-refractivity contribution in [3.05, 3.63) is 84.1 Å². The minimum absolute atomic E-state index is 0.110. The molecule has 0 bridgehead atoms. The molecular formula is C23H19F3N8O. The van der Waals surface area contributed by atoms with Gasteiger partial charge in [0.2, 0.25) is 0 Å². The summed E-state index contributed by atoms with van der Waals surface area (Å²) in [7, 11) is 0. The van der Waals surface area contributed by atoms with Crippen LogP contribution in [0.2, 0.25) is 0 Å². The molecule has 178 valence electrons. The Morgan fingerprint density at radius 2 is 1.83 bits per heavy atom. The molecule has 5 N–H and O–H groups in total. The topological polar surface area (TPSA) is 131 Å². The number of carbonyl (C=O) groups is 1. The molecule has 0 atom stereocenters. The molecule has 0 unspecified atom stereocenters. The molecule has 9 nitrogen and oxygen atoms in total. The number of halogens is 3. The van der Waals surface area contributed by atoms with E-state index in [0.717, 1.165) is 17.7 Å². The largest absolute Gasteiger partial charge is 0.416 e. The summed E-state index contributed by atoms with van der Waals surface area (Å²) in [4.78, 5) is 29.2. The van der Waals surface area contributed by atoms with E-state index in [-0.39, 0.29) is 5.56 Å². The van der Waals surface area contributed by atoms with E-state index in [2.05, 4.69) is 36.0 Å². The molecule has 12 heteroatoms. The van der Waals surface area contributed by atoms with Crippen LogP contribution in [0.5, 0.6) is 0 Å². The number of hydrogen-bond donors (Lipinski definition) is 4. The summed E-state index contributed by atoms with van der Waals surface area (Å²) < 4.78 is 39.0. The van der Waals surface area contributed by atoms with Gasteiger partial charge in [-0.2, -0.15) is 13.2 Å². The zero-order chi connectivity index (χ0) is 25.0. The van der Waals surface area contributed by atoms with Crippen molar-refractivity contribution in [1.82, 2.24) is 19.9 Å². The molecule has 2 aromatic carbocycles. The van der Waals surface area contributed by atoms with Crippen molar-refractivity contribution in [3.8, 4) is 11.3 Å². The number of rotatable bonds is 6. The standard InChI is InChI=1S/C23H19F3N8O/c1-13-5-6-16(32-22(35)14-3-2-4-15(7-14)23(24,25)26)8-18(13)33-21-17(10-28-11-31-21)19-9-20(34-27)30-12-29-19/h2-12H,27H2,1H3,(H,32,35)(H,28,31,33)(H,29,30,34). The average molecular weight is 480 g/mol. The maximum Gasteiger partial charge on any atom is 0.416 e. The highest BCUT2D eigenvalue weighted by Crippen LogP contribution is 2.31. The van der Waals surface area contributed by atoms with Crippen LogP contribution in [0.3, 0.4) is 0 Å². The van der Waals surface area contributed by atoms with Crippen molar-refractivity contribution < 1.29 is 18.0 Å². The monoisotopic (exact) mass is 480 g/mol. The number of amides is 1. The second-order valence-corrected chi connectivity index (χ2v) is 7.41. The average Bonchev–Trinajstić information content (AvgIpc) is 2.86. The van der Waals surface area contributed by atoms with Crippen molar-refractivity contribution in [1.29, 1.82) is 0 Å². The molecule has 0 aliphatic carbocycles. The highest BCUT2D eigenvalue weighted by Gasteiger charge is 2.30. The number of nitrogens with one attached hydrogen (secondary N) is 3. The molecule has 0 fully saturated rings. The van der Waals surface area contributed by atoms with Crippen LogP contribution in [0.1, 0.15) is 21.5 Å². The third-order valence-corrected chi connectivity index (χ3v) is 5.00. The Morgan fingerprint density at radius 1 is 1.00 bits per heavy atom. The molecule has 0 saturated carbocycles. The lowest BCUT2D eigenvalue weighted by Crippen LogP contribution is -2.14. The normalized spacial score (nSPS) is 11.1. The van der Waals surface area contributed by atoms with E-state index in [0.29, 0.717) is 34.3 Å².